The lowest BCUT2D eigenvalue weighted by Gasteiger charge is -2.12. The third-order valence-electron chi connectivity index (χ3n) is 4.20. The second-order valence-electron chi connectivity index (χ2n) is 6.08. The summed E-state index contributed by atoms with van der Waals surface area (Å²) < 4.78 is 19.1. The molecule has 0 aromatic heterocycles. The molecule has 0 saturated carbocycles. The lowest BCUT2D eigenvalue weighted by atomic mass is 10.1. The largest absolute Gasteiger partial charge is 0.497 e. The molecule has 2 N–H and O–H groups in total. The van der Waals surface area contributed by atoms with Gasteiger partial charge in [0.15, 0.2) is 5.96 Å². The van der Waals surface area contributed by atoms with Gasteiger partial charge in [-0.05, 0) is 49.1 Å². The van der Waals surface area contributed by atoms with Crippen LogP contribution in [0.15, 0.2) is 47.5 Å². The highest BCUT2D eigenvalue weighted by Crippen LogP contribution is 2.13. The molecule has 142 valence electrons. The van der Waals surface area contributed by atoms with Gasteiger partial charge in [-0.3, -0.25) is 4.99 Å². The van der Waals surface area contributed by atoms with Gasteiger partial charge < -0.3 is 15.4 Å². The Balaban J connectivity index is 1.68. The van der Waals surface area contributed by atoms with Gasteiger partial charge in [-0.2, -0.15) is 5.26 Å². The molecule has 0 spiro atoms. The van der Waals surface area contributed by atoms with Gasteiger partial charge in [0.05, 0.1) is 18.7 Å². The normalized spacial score (nSPS) is 11.0. The Hall–Kier alpha value is -3.07. The average Bonchev–Trinajstić information content (AvgIpc) is 2.71. The summed E-state index contributed by atoms with van der Waals surface area (Å²) in [6.07, 6.45) is 3.06. The summed E-state index contributed by atoms with van der Waals surface area (Å²) in [6, 6.07) is 14.5. The number of methoxy groups -OCH3 is 1. The van der Waals surface area contributed by atoms with Gasteiger partial charge in [-0.25, -0.2) is 4.39 Å². The first-order chi connectivity index (χ1) is 13.2. The van der Waals surface area contributed by atoms with Crippen LogP contribution in [-0.4, -0.2) is 26.7 Å². The van der Waals surface area contributed by atoms with E-state index in [1.165, 1.54) is 11.6 Å². The molecule has 27 heavy (non-hydrogen) atoms. The molecule has 0 bridgehead atoms. The van der Waals surface area contributed by atoms with Crippen LogP contribution < -0.4 is 15.4 Å². The van der Waals surface area contributed by atoms with E-state index < -0.39 is 5.82 Å². The maximum Gasteiger partial charge on any atom is 0.191 e. The van der Waals surface area contributed by atoms with Crippen molar-refractivity contribution < 1.29 is 9.13 Å². The Morgan fingerprint density at radius 2 is 1.93 bits per heavy atom. The molecule has 0 atom stereocenters. The molecular formula is C21H25FN4O. The summed E-state index contributed by atoms with van der Waals surface area (Å²) in [7, 11) is 3.35. The van der Waals surface area contributed by atoms with E-state index in [0.717, 1.165) is 31.6 Å². The number of rotatable bonds is 8. The van der Waals surface area contributed by atoms with Gasteiger partial charge in [0.25, 0.3) is 0 Å². The number of aryl methyl sites for hydroxylation is 1. The molecule has 0 heterocycles. The van der Waals surface area contributed by atoms with E-state index in [9.17, 15) is 4.39 Å². The van der Waals surface area contributed by atoms with Crippen LogP contribution in [0.25, 0.3) is 0 Å². The van der Waals surface area contributed by atoms with E-state index in [-0.39, 0.29) is 0 Å². The number of unbranched alkanes of at least 4 members (excludes halogenated alkanes) is 1. The Morgan fingerprint density at radius 3 is 2.56 bits per heavy atom. The second kappa shape index (κ2) is 10.8. The zero-order chi connectivity index (χ0) is 19.5. The van der Waals surface area contributed by atoms with Crippen molar-refractivity contribution in [2.75, 3.05) is 20.7 Å². The maximum atomic E-state index is 13.9. The van der Waals surface area contributed by atoms with E-state index in [2.05, 4.69) is 27.8 Å². The number of hydrogen-bond acceptors (Lipinski definition) is 3. The Labute approximate surface area is 159 Å². The number of aliphatic imine (C=N–C) groups is 1. The molecule has 0 aliphatic carbocycles. The minimum Gasteiger partial charge on any atom is -0.497 e. The van der Waals surface area contributed by atoms with Crippen LogP contribution in [0.1, 0.15) is 29.5 Å². The Morgan fingerprint density at radius 1 is 1.15 bits per heavy atom. The summed E-state index contributed by atoms with van der Waals surface area (Å²) in [5.74, 6) is 1.11. The molecule has 0 saturated heterocycles. The number of nitriles is 1. The van der Waals surface area contributed by atoms with E-state index in [0.29, 0.717) is 23.6 Å². The molecular weight excluding hydrogens is 343 g/mol. The van der Waals surface area contributed by atoms with E-state index in [1.807, 2.05) is 18.2 Å². The number of halogens is 1. The first-order valence-electron chi connectivity index (χ1n) is 8.92. The van der Waals surface area contributed by atoms with E-state index >= 15 is 0 Å². The topological polar surface area (TPSA) is 69.4 Å². The number of nitrogens with zero attached hydrogens (tertiary/aromatic N) is 2. The quantitative estimate of drug-likeness (QED) is 0.426. The fourth-order valence-electron chi connectivity index (χ4n) is 2.61. The molecule has 0 radical (unpaired) electrons. The van der Waals surface area contributed by atoms with Crippen molar-refractivity contribution in [1.29, 1.82) is 5.26 Å². The van der Waals surface area contributed by atoms with Gasteiger partial charge in [0.2, 0.25) is 0 Å². The van der Waals surface area contributed by atoms with E-state index in [1.54, 1.807) is 26.3 Å². The minimum atomic E-state index is -0.392. The molecule has 0 aliphatic heterocycles. The fraction of sp³-hybridized carbons (Fsp3) is 0.333. The lowest BCUT2D eigenvalue weighted by molar-refractivity contribution is 0.414. The Bertz CT molecular complexity index is 797. The predicted octanol–water partition coefficient (Wildman–Crippen LogP) is 3.39. The summed E-state index contributed by atoms with van der Waals surface area (Å²) in [5, 5.41) is 15.1. The first kappa shape index (κ1) is 20.2. The minimum absolute atomic E-state index is 0.309. The molecule has 6 heteroatoms. The van der Waals surface area contributed by atoms with Crippen LogP contribution in [-0.2, 0) is 13.0 Å². The summed E-state index contributed by atoms with van der Waals surface area (Å²) in [4.78, 5) is 4.15. The van der Waals surface area contributed by atoms with Gasteiger partial charge in [-0.1, -0.05) is 18.2 Å². The fourth-order valence-corrected chi connectivity index (χ4v) is 2.61. The van der Waals surface area contributed by atoms with Crippen molar-refractivity contribution in [2.24, 2.45) is 4.99 Å². The molecule has 5 nitrogen and oxygen atoms in total. The highest BCUT2D eigenvalue weighted by molar-refractivity contribution is 5.79. The van der Waals surface area contributed by atoms with Crippen LogP contribution in [0.2, 0.25) is 0 Å². The number of nitrogens with one attached hydrogen (secondary N) is 2. The number of benzene rings is 2. The highest BCUT2D eigenvalue weighted by Gasteiger charge is 2.05. The number of hydrogen-bond donors (Lipinski definition) is 2. The number of guanidine groups is 1. The van der Waals surface area contributed by atoms with Crippen molar-refractivity contribution >= 4 is 5.96 Å². The molecule has 0 amide bonds. The molecule has 2 aromatic rings. The lowest BCUT2D eigenvalue weighted by Crippen LogP contribution is -2.37. The van der Waals surface area contributed by atoms with Gasteiger partial charge in [0.1, 0.15) is 11.6 Å². The zero-order valence-corrected chi connectivity index (χ0v) is 15.8. The number of ether oxygens (including phenoxy) is 1. The summed E-state index contributed by atoms with van der Waals surface area (Å²) in [6.45, 7) is 1.09. The van der Waals surface area contributed by atoms with Gasteiger partial charge in [0, 0.05) is 25.7 Å². The van der Waals surface area contributed by atoms with Crippen molar-refractivity contribution in [2.45, 2.75) is 25.8 Å². The molecule has 2 rings (SSSR count). The third kappa shape index (κ3) is 6.63. The summed E-state index contributed by atoms with van der Waals surface area (Å²) in [5.41, 5.74) is 2.10. The van der Waals surface area contributed by atoms with Crippen molar-refractivity contribution in [1.82, 2.24) is 10.6 Å². The van der Waals surface area contributed by atoms with Crippen molar-refractivity contribution in [3.05, 3.63) is 65.0 Å². The van der Waals surface area contributed by atoms with Crippen molar-refractivity contribution in [3.8, 4) is 11.8 Å². The molecule has 0 fully saturated rings. The molecule has 0 aliphatic rings. The monoisotopic (exact) mass is 368 g/mol. The van der Waals surface area contributed by atoms with Crippen LogP contribution in [0.3, 0.4) is 0 Å². The SMILES string of the molecule is CN=C(NCCCCc1ccc(OC)cc1)NCc1ccc(C#N)cc1F. The third-order valence-corrected chi connectivity index (χ3v) is 4.20. The molecule has 0 unspecified atom stereocenters. The first-order valence-corrected chi connectivity index (χ1v) is 8.92. The van der Waals surface area contributed by atoms with Gasteiger partial charge >= 0.3 is 0 Å². The maximum absolute atomic E-state index is 13.9. The van der Waals surface area contributed by atoms with Gasteiger partial charge in [-0.15, -0.1) is 0 Å². The van der Waals surface area contributed by atoms with Crippen LogP contribution in [0.4, 0.5) is 4.39 Å². The van der Waals surface area contributed by atoms with Crippen molar-refractivity contribution in [3.63, 3.8) is 0 Å². The summed E-state index contributed by atoms with van der Waals surface area (Å²) >= 11 is 0. The zero-order valence-electron chi connectivity index (χ0n) is 15.8. The average molecular weight is 368 g/mol. The smallest absolute Gasteiger partial charge is 0.191 e. The standard InChI is InChI=1S/C21H25FN4O/c1-24-21(26-15-18-9-6-17(14-23)13-20(18)22)25-12-4-3-5-16-7-10-19(27-2)11-8-16/h6-11,13H,3-5,12,15H2,1-2H3,(H2,24,25,26). The molecule has 2 aromatic carbocycles. The van der Waals surface area contributed by atoms with Crippen LogP contribution in [0.5, 0.6) is 5.75 Å². The second-order valence-corrected chi connectivity index (χ2v) is 6.08. The van der Waals surface area contributed by atoms with E-state index in [4.69, 9.17) is 10.00 Å². The predicted molar refractivity (Wildman–Crippen MR) is 105 cm³/mol. The van der Waals surface area contributed by atoms with Crippen LogP contribution >= 0.6 is 0 Å². The Kier molecular flexibility index (Phi) is 8.11. The highest BCUT2D eigenvalue weighted by atomic mass is 19.1. The van der Waals surface area contributed by atoms with Crippen LogP contribution in [0, 0.1) is 17.1 Å².